The molecule has 1 aromatic heterocycles. The molecular formula is C14H12N2O4. The predicted molar refractivity (Wildman–Crippen MR) is 70.0 cm³/mol. The number of hydrogen-bond acceptors (Lipinski definition) is 5. The molecule has 3 rings (SSSR count). The summed E-state index contributed by atoms with van der Waals surface area (Å²) in [5.41, 5.74) is 1.26. The monoisotopic (exact) mass is 272 g/mol. The Hall–Kier alpha value is -2.63. The summed E-state index contributed by atoms with van der Waals surface area (Å²) in [6.07, 6.45) is 2.07. The Kier molecular flexibility index (Phi) is 3.20. The molecule has 2 heterocycles. The number of aromatic nitrogens is 2. The molecular weight excluding hydrogens is 260 g/mol. The van der Waals surface area contributed by atoms with Crippen LogP contribution < -0.4 is 9.47 Å². The molecule has 2 aromatic rings. The summed E-state index contributed by atoms with van der Waals surface area (Å²) in [6.45, 7) is 1.23. The predicted octanol–water partition coefficient (Wildman–Crippen LogP) is 2.00. The van der Waals surface area contributed by atoms with Crippen LogP contribution >= 0.6 is 0 Å². The average molecular weight is 272 g/mol. The highest BCUT2D eigenvalue weighted by molar-refractivity contribution is 5.86. The third-order valence-corrected chi connectivity index (χ3v) is 2.93. The van der Waals surface area contributed by atoms with Crippen LogP contribution in [0.25, 0.3) is 11.3 Å². The lowest BCUT2D eigenvalue weighted by atomic mass is 10.1. The number of nitrogens with zero attached hydrogens (tertiary/aromatic N) is 2. The van der Waals surface area contributed by atoms with Crippen molar-refractivity contribution in [1.82, 2.24) is 9.97 Å². The molecule has 0 aliphatic carbocycles. The van der Waals surface area contributed by atoms with Gasteiger partial charge in [-0.2, -0.15) is 0 Å². The quantitative estimate of drug-likeness (QED) is 0.900. The fourth-order valence-electron chi connectivity index (χ4n) is 1.95. The van der Waals surface area contributed by atoms with Crippen LogP contribution in [0.1, 0.15) is 16.9 Å². The van der Waals surface area contributed by atoms with Gasteiger partial charge < -0.3 is 14.6 Å². The van der Waals surface area contributed by atoms with Crippen molar-refractivity contribution in [2.45, 2.75) is 6.42 Å². The van der Waals surface area contributed by atoms with Gasteiger partial charge >= 0.3 is 5.97 Å². The SMILES string of the molecule is O=C(O)c1cc(-c2ccc3c(c2)OCCCO3)ncn1. The van der Waals surface area contributed by atoms with Crippen LogP contribution in [0.2, 0.25) is 0 Å². The van der Waals surface area contributed by atoms with Crippen molar-refractivity contribution in [2.24, 2.45) is 0 Å². The van der Waals surface area contributed by atoms with Crippen molar-refractivity contribution < 1.29 is 19.4 Å². The van der Waals surface area contributed by atoms with E-state index in [4.69, 9.17) is 14.6 Å². The summed E-state index contributed by atoms with van der Waals surface area (Å²) in [4.78, 5) is 18.7. The number of ether oxygens (including phenoxy) is 2. The fourth-order valence-corrected chi connectivity index (χ4v) is 1.95. The molecule has 1 N–H and O–H groups in total. The second-order valence-corrected chi connectivity index (χ2v) is 4.31. The molecule has 1 aromatic carbocycles. The van der Waals surface area contributed by atoms with E-state index in [0.29, 0.717) is 30.4 Å². The standard InChI is InChI=1S/C14H12N2O4/c17-14(18)11-7-10(15-8-16-11)9-2-3-12-13(6-9)20-5-1-4-19-12/h2-3,6-8H,1,4-5H2,(H,17,18). The Balaban J connectivity index is 2.00. The van der Waals surface area contributed by atoms with Gasteiger partial charge in [-0.25, -0.2) is 14.8 Å². The van der Waals surface area contributed by atoms with E-state index < -0.39 is 5.97 Å². The molecule has 20 heavy (non-hydrogen) atoms. The van der Waals surface area contributed by atoms with Crippen LogP contribution in [0.15, 0.2) is 30.6 Å². The van der Waals surface area contributed by atoms with Gasteiger partial charge in [0.2, 0.25) is 0 Å². The van der Waals surface area contributed by atoms with Crippen LogP contribution in [0.3, 0.4) is 0 Å². The first-order valence-corrected chi connectivity index (χ1v) is 6.19. The van der Waals surface area contributed by atoms with Gasteiger partial charge in [0.15, 0.2) is 17.2 Å². The second kappa shape index (κ2) is 5.16. The van der Waals surface area contributed by atoms with Gasteiger partial charge in [0, 0.05) is 12.0 Å². The highest BCUT2D eigenvalue weighted by atomic mass is 16.5. The zero-order valence-corrected chi connectivity index (χ0v) is 10.6. The molecule has 1 aliphatic heterocycles. The van der Waals surface area contributed by atoms with E-state index in [1.807, 2.05) is 6.07 Å². The normalized spacial score (nSPS) is 13.6. The molecule has 0 radical (unpaired) electrons. The first-order chi connectivity index (χ1) is 9.74. The van der Waals surface area contributed by atoms with Crippen molar-refractivity contribution >= 4 is 5.97 Å². The van der Waals surface area contributed by atoms with Gasteiger partial charge in [0.1, 0.15) is 6.33 Å². The minimum absolute atomic E-state index is 0.0397. The van der Waals surface area contributed by atoms with Crippen molar-refractivity contribution in [3.63, 3.8) is 0 Å². The molecule has 0 unspecified atom stereocenters. The summed E-state index contributed by atoms with van der Waals surface area (Å²) >= 11 is 0. The number of rotatable bonds is 2. The highest BCUT2D eigenvalue weighted by Crippen LogP contribution is 2.33. The Morgan fingerprint density at radius 2 is 1.90 bits per heavy atom. The lowest BCUT2D eigenvalue weighted by molar-refractivity contribution is 0.0690. The van der Waals surface area contributed by atoms with Crippen molar-refractivity contribution in [1.29, 1.82) is 0 Å². The van der Waals surface area contributed by atoms with E-state index in [1.165, 1.54) is 12.4 Å². The lowest BCUT2D eigenvalue weighted by Crippen LogP contribution is -2.01. The van der Waals surface area contributed by atoms with Crippen molar-refractivity contribution in [2.75, 3.05) is 13.2 Å². The summed E-state index contributed by atoms with van der Waals surface area (Å²) in [5.74, 6) is 0.261. The third-order valence-electron chi connectivity index (χ3n) is 2.93. The van der Waals surface area contributed by atoms with E-state index in [0.717, 1.165) is 12.0 Å². The zero-order valence-electron chi connectivity index (χ0n) is 10.6. The lowest BCUT2D eigenvalue weighted by Gasteiger charge is -2.09. The molecule has 0 spiro atoms. The third kappa shape index (κ3) is 2.40. The van der Waals surface area contributed by atoms with E-state index in [2.05, 4.69) is 9.97 Å². The van der Waals surface area contributed by atoms with Crippen LogP contribution in [-0.4, -0.2) is 34.3 Å². The van der Waals surface area contributed by atoms with Crippen molar-refractivity contribution in [3.05, 3.63) is 36.3 Å². The minimum Gasteiger partial charge on any atom is -0.490 e. The maximum atomic E-state index is 10.9. The van der Waals surface area contributed by atoms with E-state index in [-0.39, 0.29) is 5.69 Å². The molecule has 102 valence electrons. The summed E-state index contributed by atoms with van der Waals surface area (Å²) in [5, 5.41) is 8.95. The Bertz CT molecular complexity index is 657. The molecule has 0 fully saturated rings. The molecule has 0 atom stereocenters. The maximum Gasteiger partial charge on any atom is 0.354 e. The first-order valence-electron chi connectivity index (χ1n) is 6.19. The molecule has 0 saturated heterocycles. The van der Waals surface area contributed by atoms with E-state index >= 15 is 0 Å². The molecule has 6 nitrogen and oxygen atoms in total. The first kappa shape index (κ1) is 12.4. The Morgan fingerprint density at radius 1 is 1.10 bits per heavy atom. The molecule has 1 aliphatic rings. The summed E-state index contributed by atoms with van der Waals surface area (Å²) in [6, 6.07) is 6.86. The fraction of sp³-hybridized carbons (Fsp3) is 0.214. The number of aromatic carboxylic acids is 1. The number of fused-ring (bicyclic) bond motifs is 1. The number of carbonyl (C=O) groups is 1. The molecule has 0 amide bonds. The van der Waals surface area contributed by atoms with Crippen LogP contribution in [0, 0.1) is 0 Å². The minimum atomic E-state index is -1.08. The van der Waals surface area contributed by atoms with Crippen molar-refractivity contribution in [3.8, 4) is 22.8 Å². The smallest absolute Gasteiger partial charge is 0.354 e. The maximum absolute atomic E-state index is 10.9. The number of carboxylic acid groups (broad SMARTS) is 1. The van der Waals surface area contributed by atoms with Crippen LogP contribution in [-0.2, 0) is 0 Å². The van der Waals surface area contributed by atoms with E-state index in [1.54, 1.807) is 12.1 Å². The van der Waals surface area contributed by atoms with Gasteiger partial charge in [0.05, 0.1) is 18.9 Å². The zero-order chi connectivity index (χ0) is 13.9. The van der Waals surface area contributed by atoms with E-state index in [9.17, 15) is 4.79 Å². The van der Waals surface area contributed by atoms with Gasteiger partial charge in [-0.05, 0) is 24.3 Å². The summed E-state index contributed by atoms with van der Waals surface area (Å²) in [7, 11) is 0. The second-order valence-electron chi connectivity index (χ2n) is 4.31. The number of hydrogen-bond donors (Lipinski definition) is 1. The van der Waals surface area contributed by atoms with Crippen LogP contribution in [0.5, 0.6) is 11.5 Å². The molecule has 6 heteroatoms. The Morgan fingerprint density at radius 3 is 2.70 bits per heavy atom. The van der Waals surface area contributed by atoms with Crippen LogP contribution in [0.4, 0.5) is 0 Å². The van der Waals surface area contributed by atoms with Gasteiger partial charge in [-0.3, -0.25) is 0 Å². The highest BCUT2D eigenvalue weighted by Gasteiger charge is 2.13. The van der Waals surface area contributed by atoms with Gasteiger partial charge in [-0.1, -0.05) is 0 Å². The summed E-state index contributed by atoms with van der Waals surface area (Å²) < 4.78 is 11.2. The molecule has 0 saturated carbocycles. The average Bonchev–Trinajstić information content (AvgIpc) is 2.71. The number of benzene rings is 1. The van der Waals surface area contributed by atoms with Gasteiger partial charge in [-0.15, -0.1) is 0 Å². The van der Waals surface area contributed by atoms with Gasteiger partial charge in [0.25, 0.3) is 0 Å². The largest absolute Gasteiger partial charge is 0.490 e. The topological polar surface area (TPSA) is 81.5 Å². The molecule has 0 bridgehead atoms. The number of carboxylic acids is 1. The Labute approximate surface area is 115 Å².